The van der Waals surface area contributed by atoms with E-state index in [0.29, 0.717) is 6.10 Å². The lowest BCUT2D eigenvalue weighted by Gasteiger charge is -2.18. The first kappa shape index (κ1) is 13.6. The zero-order valence-corrected chi connectivity index (χ0v) is 12.9. The molecule has 0 amide bonds. The average Bonchev–Trinajstić information content (AvgIpc) is 3.27. The summed E-state index contributed by atoms with van der Waals surface area (Å²) < 4.78 is 6.79. The van der Waals surface area contributed by atoms with E-state index >= 15 is 0 Å². The summed E-state index contributed by atoms with van der Waals surface area (Å²) in [6.45, 7) is 0. The van der Waals surface area contributed by atoms with Crippen LogP contribution in [-0.4, -0.2) is 18.1 Å². The summed E-state index contributed by atoms with van der Waals surface area (Å²) in [5.41, 5.74) is 2.17. The van der Waals surface area contributed by atoms with Crippen molar-refractivity contribution in [3.63, 3.8) is 0 Å². The standard InChI is InChI=1S/C16H17BrN2O/c1-18-15(16-14(17)3-2-10-19-16)11-4-6-12(7-5-11)20-13-8-9-13/h2-7,10,13,15,18H,8-9H2,1H3. The van der Waals surface area contributed by atoms with Gasteiger partial charge in [0, 0.05) is 10.7 Å². The summed E-state index contributed by atoms with van der Waals surface area (Å²) in [6.07, 6.45) is 4.62. The van der Waals surface area contributed by atoms with E-state index < -0.39 is 0 Å². The zero-order chi connectivity index (χ0) is 13.9. The number of pyridine rings is 1. The van der Waals surface area contributed by atoms with Crippen LogP contribution in [0.4, 0.5) is 0 Å². The Bertz CT molecular complexity index is 581. The van der Waals surface area contributed by atoms with Crippen molar-refractivity contribution in [2.75, 3.05) is 7.05 Å². The second-order valence-electron chi connectivity index (χ2n) is 4.98. The topological polar surface area (TPSA) is 34.1 Å². The van der Waals surface area contributed by atoms with E-state index in [9.17, 15) is 0 Å². The molecule has 2 aromatic rings. The van der Waals surface area contributed by atoms with E-state index in [-0.39, 0.29) is 6.04 Å². The van der Waals surface area contributed by atoms with Gasteiger partial charge in [0.05, 0.1) is 17.8 Å². The number of hydrogen-bond donors (Lipinski definition) is 1. The molecule has 0 aliphatic heterocycles. The Morgan fingerprint density at radius 3 is 2.60 bits per heavy atom. The highest BCUT2D eigenvalue weighted by molar-refractivity contribution is 9.10. The molecule has 1 heterocycles. The van der Waals surface area contributed by atoms with Crippen molar-refractivity contribution in [2.24, 2.45) is 0 Å². The molecular weight excluding hydrogens is 316 g/mol. The molecule has 0 saturated heterocycles. The third-order valence-electron chi connectivity index (χ3n) is 3.39. The molecule has 0 radical (unpaired) electrons. The number of ether oxygens (including phenoxy) is 1. The fourth-order valence-electron chi connectivity index (χ4n) is 2.19. The molecule has 1 atom stereocenters. The smallest absolute Gasteiger partial charge is 0.119 e. The summed E-state index contributed by atoms with van der Waals surface area (Å²) in [7, 11) is 1.94. The van der Waals surface area contributed by atoms with Crippen LogP contribution in [0.2, 0.25) is 0 Å². The minimum absolute atomic E-state index is 0.0700. The van der Waals surface area contributed by atoms with Crippen LogP contribution >= 0.6 is 15.9 Å². The summed E-state index contributed by atoms with van der Waals surface area (Å²) in [5, 5.41) is 3.31. The Labute approximate surface area is 127 Å². The molecule has 3 rings (SSSR count). The number of hydrogen-bond acceptors (Lipinski definition) is 3. The van der Waals surface area contributed by atoms with E-state index in [2.05, 4.69) is 38.4 Å². The van der Waals surface area contributed by atoms with Crippen molar-refractivity contribution in [1.29, 1.82) is 0 Å². The third kappa shape index (κ3) is 3.02. The lowest BCUT2D eigenvalue weighted by molar-refractivity contribution is 0.303. The largest absolute Gasteiger partial charge is 0.490 e. The molecule has 1 N–H and O–H groups in total. The molecule has 1 aliphatic carbocycles. The van der Waals surface area contributed by atoms with Crippen LogP contribution in [0.5, 0.6) is 5.75 Å². The molecule has 4 heteroatoms. The molecule has 0 bridgehead atoms. The number of halogens is 1. The normalized spacial score (nSPS) is 15.9. The van der Waals surface area contributed by atoms with Gasteiger partial charge in [0.15, 0.2) is 0 Å². The van der Waals surface area contributed by atoms with Gasteiger partial charge in [-0.25, -0.2) is 0 Å². The SMILES string of the molecule is CNC(c1ccc(OC2CC2)cc1)c1ncccc1Br. The van der Waals surface area contributed by atoms with Gasteiger partial charge in [-0.3, -0.25) is 4.98 Å². The molecule has 20 heavy (non-hydrogen) atoms. The van der Waals surface area contributed by atoms with Crippen LogP contribution in [0.1, 0.15) is 30.1 Å². The Balaban J connectivity index is 1.83. The van der Waals surface area contributed by atoms with Crippen molar-refractivity contribution in [2.45, 2.75) is 25.0 Å². The van der Waals surface area contributed by atoms with Gasteiger partial charge in [-0.15, -0.1) is 0 Å². The van der Waals surface area contributed by atoms with Crippen LogP contribution < -0.4 is 10.1 Å². The van der Waals surface area contributed by atoms with Gasteiger partial charge in [0.25, 0.3) is 0 Å². The summed E-state index contributed by atoms with van der Waals surface area (Å²) in [5.74, 6) is 0.950. The van der Waals surface area contributed by atoms with Crippen LogP contribution in [0.15, 0.2) is 47.1 Å². The Kier molecular flexibility index (Phi) is 4.03. The minimum atomic E-state index is 0.0700. The highest BCUT2D eigenvalue weighted by Crippen LogP contribution is 2.30. The Hall–Kier alpha value is -1.39. The number of nitrogens with zero attached hydrogens (tertiary/aromatic N) is 1. The van der Waals surface area contributed by atoms with Gasteiger partial charge >= 0.3 is 0 Å². The molecule has 1 saturated carbocycles. The number of aromatic nitrogens is 1. The van der Waals surface area contributed by atoms with E-state index in [1.807, 2.05) is 37.5 Å². The maximum atomic E-state index is 5.78. The molecule has 1 fully saturated rings. The van der Waals surface area contributed by atoms with Crippen LogP contribution in [0, 0.1) is 0 Å². The van der Waals surface area contributed by atoms with Crippen molar-refractivity contribution in [3.8, 4) is 5.75 Å². The van der Waals surface area contributed by atoms with Crippen molar-refractivity contribution in [1.82, 2.24) is 10.3 Å². The molecule has 1 unspecified atom stereocenters. The predicted molar refractivity (Wildman–Crippen MR) is 82.9 cm³/mol. The summed E-state index contributed by atoms with van der Waals surface area (Å²) in [4.78, 5) is 4.47. The van der Waals surface area contributed by atoms with Crippen LogP contribution in [0.3, 0.4) is 0 Å². The van der Waals surface area contributed by atoms with Gasteiger partial charge in [0.2, 0.25) is 0 Å². The first-order valence-corrected chi connectivity index (χ1v) is 7.61. The van der Waals surface area contributed by atoms with Crippen LogP contribution in [-0.2, 0) is 0 Å². The highest BCUT2D eigenvalue weighted by atomic mass is 79.9. The van der Waals surface area contributed by atoms with Gasteiger partial charge < -0.3 is 10.1 Å². The van der Waals surface area contributed by atoms with E-state index in [1.165, 1.54) is 18.4 Å². The lowest BCUT2D eigenvalue weighted by Crippen LogP contribution is -2.19. The molecule has 3 nitrogen and oxygen atoms in total. The maximum absolute atomic E-state index is 5.78. The number of benzene rings is 1. The molecule has 104 valence electrons. The van der Waals surface area contributed by atoms with Crippen molar-refractivity contribution >= 4 is 15.9 Å². The Morgan fingerprint density at radius 2 is 2.00 bits per heavy atom. The lowest BCUT2D eigenvalue weighted by atomic mass is 10.0. The first-order valence-electron chi connectivity index (χ1n) is 6.82. The monoisotopic (exact) mass is 332 g/mol. The van der Waals surface area contributed by atoms with E-state index in [1.54, 1.807) is 0 Å². The molecular formula is C16H17BrN2O. The highest BCUT2D eigenvalue weighted by Gasteiger charge is 2.23. The number of nitrogens with one attached hydrogen (secondary N) is 1. The van der Waals surface area contributed by atoms with Crippen molar-refractivity contribution in [3.05, 3.63) is 58.3 Å². The second-order valence-corrected chi connectivity index (χ2v) is 5.83. The van der Waals surface area contributed by atoms with Gasteiger partial charge in [-0.2, -0.15) is 0 Å². The van der Waals surface area contributed by atoms with Crippen molar-refractivity contribution < 1.29 is 4.74 Å². The predicted octanol–water partition coefficient (Wildman–Crippen LogP) is 3.69. The minimum Gasteiger partial charge on any atom is -0.490 e. The molecule has 0 spiro atoms. The van der Waals surface area contributed by atoms with E-state index in [0.717, 1.165) is 15.9 Å². The summed E-state index contributed by atoms with van der Waals surface area (Å²) in [6, 6.07) is 12.3. The Morgan fingerprint density at radius 1 is 1.25 bits per heavy atom. The van der Waals surface area contributed by atoms with E-state index in [4.69, 9.17) is 4.74 Å². The van der Waals surface area contributed by atoms with Crippen LogP contribution in [0.25, 0.3) is 0 Å². The molecule has 1 aromatic heterocycles. The fraction of sp³-hybridized carbons (Fsp3) is 0.312. The number of rotatable bonds is 5. The molecule has 1 aliphatic rings. The second kappa shape index (κ2) is 5.94. The first-order chi connectivity index (χ1) is 9.78. The summed E-state index contributed by atoms with van der Waals surface area (Å²) >= 11 is 3.56. The molecule has 1 aromatic carbocycles. The maximum Gasteiger partial charge on any atom is 0.119 e. The van der Waals surface area contributed by atoms with Gasteiger partial charge in [-0.1, -0.05) is 12.1 Å². The van der Waals surface area contributed by atoms with Gasteiger partial charge in [0.1, 0.15) is 5.75 Å². The van der Waals surface area contributed by atoms with Gasteiger partial charge in [-0.05, 0) is 65.6 Å². The average molecular weight is 333 g/mol. The zero-order valence-electron chi connectivity index (χ0n) is 11.3. The fourth-order valence-corrected chi connectivity index (χ4v) is 2.67. The quantitative estimate of drug-likeness (QED) is 0.906. The third-order valence-corrected chi connectivity index (χ3v) is 4.06.